The van der Waals surface area contributed by atoms with Crippen LogP contribution in [0.2, 0.25) is 5.02 Å². The van der Waals surface area contributed by atoms with Crippen LogP contribution in [0.5, 0.6) is 11.5 Å². The third-order valence-electron chi connectivity index (χ3n) is 2.77. The first kappa shape index (κ1) is 17.1. The lowest BCUT2D eigenvalue weighted by molar-refractivity contribution is -0.139. The number of phenols is 1. The molecule has 7 heteroatoms. The van der Waals surface area contributed by atoms with Gasteiger partial charge in [0.1, 0.15) is 6.04 Å². The summed E-state index contributed by atoms with van der Waals surface area (Å²) in [6.45, 7) is 3.84. The van der Waals surface area contributed by atoms with E-state index in [1.54, 1.807) is 6.92 Å². The lowest BCUT2D eigenvalue weighted by Crippen LogP contribution is -2.40. The Morgan fingerprint density at radius 1 is 1.38 bits per heavy atom. The molecule has 6 nitrogen and oxygen atoms in total. The minimum Gasteiger partial charge on any atom is -0.503 e. The zero-order valence-electron chi connectivity index (χ0n) is 11.9. The van der Waals surface area contributed by atoms with Gasteiger partial charge in [-0.1, -0.05) is 24.9 Å². The molecule has 0 heterocycles. The molecule has 0 aliphatic heterocycles. The van der Waals surface area contributed by atoms with E-state index in [2.05, 4.69) is 5.32 Å². The normalized spacial score (nSPS) is 11.8. The number of hydrogen-bond acceptors (Lipinski definition) is 4. The summed E-state index contributed by atoms with van der Waals surface area (Å²) in [6, 6.07) is 1.62. The molecule has 116 valence electrons. The van der Waals surface area contributed by atoms with Crippen molar-refractivity contribution in [3.05, 3.63) is 22.7 Å². The highest BCUT2D eigenvalue weighted by Gasteiger charge is 2.21. The number of aromatic hydroxyl groups is 1. The largest absolute Gasteiger partial charge is 0.503 e. The van der Waals surface area contributed by atoms with Gasteiger partial charge in [0.25, 0.3) is 5.91 Å². The van der Waals surface area contributed by atoms with Gasteiger partial charge in [-0.05, 0) is 25.5 Å². The number of halogens is 1. The van der Waals surface area contributed by atoms with E-state index in [9.17, 15) is 14.7 Å². The monoisotopic (exact) mass is 315 g/mol. The second kappa shape index (κ2) is 7.73. The van der Waals surface area contributed by atoms with Gasteiger partial charge in [0.05, 0.1) is 11.6 Å². The van der Waals surface area contributed by atoms with Crippen molar-refractivity contribution < 1.29 is 24.5 Å². The van der Waals surface area contributed by atoms with Crippen molar-refractivity contribution in [1.82, 2.24) is 5.32 Å². The Balaban J connectivity index is 2.99. The summed E-state index contributed by atoms with van der Waals surface area (Å²) in [5, 5.41) is 21.1. The molecule has 1 atom stereocenters. The van der Waals surface area contributed by atoms with Crippen molar-refractivity contribution in [2.24, 2.45) is 0 Å². The van der Waals surface area contributed by atoms with Crippen molar-refractivity contribution in [3.8, 4) is 11.5 Å². The quantitative estimate of drug-likeness (QED) is 0.718. The van der Waals surface area contributed by atoms with E-state index in [-0.39, 0.29) is 22.1 Å². The summed E-state index contributed by atoms with van der Waals surface area (Å²) in [7, 11) is 0. The number of carbonyl (C=O) groups excluding carboxylic acids is 1. The molecular formula is C14H18ClNO5. The molecule has 0 fully saturated rings. The smallest absolute Gasteiger partial charge is 0.326 e. The second-order valence-electron chi connectivity index (χ2n) is 4.39. The van der Waals surface area contributed by atoms with Gasteiger partial charge in [-0.15, -0.1) is 0 Å². The number of aliphatic carboxylic acids is 1. The van der Waals surface area contributed by atoms with E-state index in [1.807, 2.05) is 6.92 Å². The van der Waals surface area contributed by atoms with E-state index >= 15 is 0 Å². The van der Waals surface area contributed by atoms with Crippen LogP contribution in [0.4, 0.5) is 0 Å². The van der Waals surface area contributed by atoms with Gasteiger partial charge < -0.3 is 20.3 Å². The van der Waals surface area contributed by atoms with Gasteiger partial charge in [-0.25, -0.2) is 4.79 Å². The van der Waals surface area contributed by atoms with Crippen LogP contribution >= 0.6 is 11.6 Å². The highest BCUT2D eigenvalue weighted by atomic mass is 35.5. The third kappa shape index (κ3) is 4.53. The summed E-state index contributed by atoms with van der Waals surface area (Å²) in [5.74, 6) is -1.85. The fourth-order valence-corrected chi connectivity index (χ4v) is 1.97. The average Bonchev–Trinajstić information content (AvgIpc) is 2.43. The predicted molar refractivity (Wildman–Crippen MR) is 78.1 cm³/mol. The van der Waals surface area contributed by atoms with E-state index in [0.29, 0.717) is 19.4 Å². The molecule has 1 aromatic rings. The van der Waals surface area contributed by atoms with Gasteiger partial charge in [-0.2, -0.15) is 0 Å². The number of carboxylic acids is 1. The molecule has 1 amide bonds. The fraction of sp³-hybridized carbons (Fsp3) is 0.429. The average molecular weight is 316 g/mol. The van der Waals surface area contributed by atoms with Crippen molar-refractivity contribution in [3.63, 3.8) is 0 Å². The first-order valence-corrected chi connectivity index (χ1v) is 6.97. The highest BCUT2D eigenvalue weighted by molar-refractivity contribution is 6.32. The lowest BCUT2D eigenvalue weighted by atomic mass is 10.1. The standard InChI is InChI=1S/C14H18ClNO5/c1-3-5-10(14(19)20)16-13(18)8-6-9(15)12(17)11(7-8)21-4-2/h6-7,10,17H,3-5H2,1-2H3,(H,16,18)(H,19,20). The Bertz CT molecular complexity index is 532. The molecule has 0 aliphatic carbocycles. The molecule has 0 aromatic heterocycles. The number of hydrogen-bond donors (Lipinski definition) is 3. The van der Waals surface area contributed by atoms with Crippen LogP contribution in [-0.4, -0.2) is 34.7 Å². The minimum absolute atomic E-state index is 0.0338. The first-order valence-electron chi connectivity index (χ1n) is 6.59. The SMILES string of the molecule is CCCC(NC(=O)c1cc(Cl)c(O)c(OCC)c1)C(=O)O. The molecular weight excluding hydrogens is 298 g/mol. The van der Waals surface area contributed by atoms with Crippen LogP contribution in [-0.2, 0) is 4.79 Å². The minimum atomic E-state index is -1.10. The molecule has 0 aliphatic rings. The molecule has 1 aromatic carbocycles. The number of amides is 1. The molecule has 1 rings (SSSR count). The fourth-order valence-electron chi connectivity index (χ4n) is 1.76. The van der Waals surface area contributed by atoms with Crippen LogP contribution in [0.25, 0.3) is 0 Å². The maximum atomic E-state index is 12.1. The molecule has 0 bridgehead atoms. The lowest BCUT2D eigenvalue weighted by Gasteiger charge is -2.15. The summed E-state index contributed by atoms with van der Waals surface area (Å²) in [4.78, 5) is 23.1. The Morgan fingerprint density at radius 3 is 2.57 bits per heavy atom. The van der Waals surface area contributed by atoms with Crippen LogP contribution in [0.15, 0.2) is 12.1 Å². The number of benzene rings is 1. The van der Waals surface area contributed by atoms with Crippen LogP contribution < -0.4 is 10.1 Å². The molecule has 0 spiro atoms. The van der Waals surface area contributed by atoms with Crippen molar-refractivity contribution in [2.75, 3.05) is 6.61 Å². The Hall–Kier alpha value is -1.95. The number of phenolic OH excluding ortho intramolecular Hbond substituents is 1. The van der Waals surface area contributed by atoms with Gasteiger partial charge in [0, 0.05) is 5.56 Å². The van der Waals surface area contributed by atoms with Gasteiger partial charge >= 0.3 is 5.97 Å². The van der Waals surface area contributed by atoms with Crippen LogP contribution in [0, 0.1) is 0 Å². The number of carboxylic acid groups (broad SMARTS) is 1. The molecule has 21 heavy (non-hydrogen) atoms. The topological polar surface area (TPSA) is 95.9 Å². The number of carbonyl (C=O) groups is 2. The molecule has 3 N–H and O–H groups in total. The Labute approximate surface area is 127 Å². The molecule has 0 saturated heterocycles. The Morgan fingerprint density at radius 2 is 2.05 bits per heavy atom. The maximum Gasteiger partial charge on any atom is 0.326 e. The Kier molecular flexibility index (Phi) is 6.30. The third-order valence-corrected chi connectivity index (χ3v) is 3.06. The van der Waals surface area contributed by atoms with Gasteiger partial charge in [0.15, 0.2) is 11.5 Å². The van der Waals surface area contributed by atoms with Crippen LogP contribution in [0.3, 0.4) is 0 Å². The van der Waals surface area contributed by atoms with E-state index in [4.69, 9.17) is 21.4 Å². The number of nitrogens with one attached hydrogen (secondary N) is 1. The summed E-state index contributed by atoms with van der Waals surface area (Å²) < 4.78 is 5.18. The van der Waals surface area contributed by atoms with E-state index in [1.165, 1.54) is 12.1 Å². The maximum absolute atomic E-state index is 12.1. The highest BCUT2D eigenvalue weighted by Crippen LogP contribution is 2.35. The summed E-state index contributed by atoms with van der Waals surface area (Å²) in [6.07, 6.45) is 0.947. The zero-order chi connectivity index (χ0) is 16.0. The number of ether oxygens (including phenoxy) is 1. The van der Waals surface area contributed by atoms with Crippen molar-refractivity contribution in [1.29, 1.82) is 0 Å². The van der Waals surface area contributed by atoms with E-state index in [0.717, 1.165) is 0 Å². The van der Waals surface area contributed by atoms with Crippen molar-refractivity contribution >= 4 is 23.5 Å². The number of rotatable bonds is 7. The zero-order valence-corrected chi connectivity index (χ0v) is 12.6. The molecule has 1 unspecified atom stereocenters. The van der Waals surface area contributed by atoms with E-state index < -0.39 is 17.9 Å². The van der Waals surface area contributed by atoms with Crippen LogP contribution in [0.1, 0.15) is 37.0 Å². The van der Waals surface area contributed by atoms with Gasteiger partial charge in [-0.3, -0.25) is 4.79 Å². The van der Waals surface area contributed by atoms with Crippen molar-refractivity contribution in [2.45, 2.75) is 32.7 Å². The molecule has 0 saturated carbocycles. The second-order valence-corrected chi connectivity index (χ2v) is 4.80. The van der Waals surface area contributed by atoms with Gasteiger partial charge in [0.2, 0.25) is 0 Å². The molecule has 0 radical (unpaired) electrons. The first-order chi connectivity index (χ1) is 9.90. The summed E-state index contributed by atoms with van der Waals surface area (Å²) in [5.41, 5.74) is 0.128. The summed E-state index contributed by atoms with van der Waals surface area (Å²) >= 11 is 5.83. The predicted octanol–water partition coefficient (Wildman–Crippen LogP) is 2.43.